The highest BCUT2D eigenvalue weighted by Crippen LogP contribution is 2.40. The van der Waals surface area contributed by atoms with Crippen LogP contribution in [0, 0.1) is 13.8 Å². The quantitative estimate of drug-likeness (QED) is 0.666. The van der Waals surface area contributed by atoms with Gasteiger partial charge in [0.2, 0.25) is 0 Å². The van der Waals surface area contributed by atoms with Crippen molar-refractivity contribution in [3.63, 3.8) is 0 Å². The fourth-order valence-electron chi connectivity index (χ4n) is 4.28. The van der Waals surface area contributed by atoms with Crippen LogP contribution in [0.5, 0.6) is 0 Å². The number of hydrogen-bond donors (Lipinski definition) is 1. The first kappa shape index (κ1) is 18.6. The van der Waals surface area contributed by atoms with E-state index >= 15 is 0 Å². The van der Waals surface area contributed by atoms with Crippen molar-refractivity contribution in [3.05, 3.63) is 51.8 Å². The Bertz CT molecular complexity index is 1080. The number of amides is 1. The van der Waals surface area contributed by atoms with E-state index in [4.69, 9.17) is 9.97 Å². The van der Waals surface area contributed by atoms with Gasteiger partial charge >= 0.3 is 0 Å². The summed E-state index contributed by atoms with van der Waals surface area (Å²) in [5, 5.41) is 4.19. The first-order valence-corrected chi connectivity index (χ1v) is 11.3. The third-order valence-electron chi connectivity index (χ3n) is 6.01. The van der Waals surface area contributed by atoms with E-state index in [0.29, 0.717) is 12.5 Å². The van der Waals surface area contributed by atoms with Crippen LogP contribution in [0.4, 0.5) is 5.69 Å². The molecule has 0 bridgehead atoms. The van der Waals surface area contributed by atoms with Gasteiger partial charge in [-0.05, 0) is 56.7 Å². The van der Waals surface area contributed by atoms with Gasteiger partial charge < -0.3 is 10.2 Å². The Morgan fingerprint density at radius 3 is 2.69 bits per heavy atom. The molecule has 29 heavy (non-hydrogen) atoms. The number of nitrogens with one attached hydrogen (secondary N) is 1. The van der Waals surface area contributed by atoms with Crippen LogP contribution in [0.25, 0.3) is 10.2 Å². The first-order chi connectivity index (χ1) is 14.1. The van der Waals surface area contributed by atoms with Crippen LogP contribution in [-0.2, 0) is 6.54 Å². The molecule has 150 valence electrons. The fourth-order valence-corrected chi connectivity index (χ4v) is 5.44. The summed E-state index contributed by atoms with van der Waals surface area (Å²) < 4.78 is 0. The molecule has 2 aromatic heterocycles. The number of rotatable bonds is 5. The molecule has 5 nitrogen and oxygen atoms in total. The molecule has 3 heterocycles. The van der Waals surface area contributed by atoms with Crippen LogP contribution in [0.1, 0.15) is 63.9 Å². The lowest BCUT2D eigenvalue weighted by atomic mass is 10.1. The van der Waals surface area contributed by atoms with Gasteiger partial charge in [0, 0.05) is 36.6 Å². The molecule has 0 radical (unpaired) electrons. The van der Waals surface area contributed by atoms with Crippen molar-refractivity contribution in [1.82, 2.24) is 15.3 Å². The Labute approximate surface area is 175 Å². The number of fused-ring (bicyclic) bond motifs is 1. The molecule has 0 unspecified atom stereocenters. The first-order valence-electron chi connectivity index (χ1n) is 10.5. The normalized spacial score (nSPS) is 16.6. The average Bonchev–Trinajstić information content (AvgIpc) is 3.32. The molecule has 2 aliphatic rings. The van der Waals surface area contributed by atoms with Crippen LogP contribution in [-0.4, -0.2) is 29.0 Å². The van der Waals surface area contributed by atoms with Crippen molar-refractivity contribution >= 4 is 33.1 Å². The fraction of sp³-hybridized carbons (Fsp3) is 0.435. The number of carbonyl (C=O) groups excluding carboxylic acids is 1. The maximum Gasteiger partial charge on any atom is 0.261 e. The lowest BCUT2D eigenvalue weighted by molar-refractivity contribution is 0.0954. The number of para-hydroxylation sites is 1. The molecular weight excluding hydrogens is 380 g/mol. The number of benzene rings is 1. The van der Waals surface area contributed by atoms with Gasteiger partial charge in [-0.1, -0.05) is 18.2 Å². The summed E-state index contributed by atoms with van der Waals surface area (Å²) in [6, 6.07) is 8.40. The van der Waals surface area contributed by atoms with E-state index in [9.17, 15) is 4.79 Å². The van der Waals surface area contributed by atoms with Gasteiger partial charge in [-0.2, -0.15) is 0 Å². The minimum Gasteiger partial charge on any atom is -0.371 e. The van der Waals surface area contributed by atoms with E-state index in [1.54, 1.807) is 0 Å². The number of thiophene rings is 1. The zero-order chi connectivity index (χ0) is 20.0. The molecular formula is C23H26N4OS. The number of aryl methyl sites for hydroxylation is 2. The van der Waals surface area contributed by atoms with E-state index in [0.717, 1.165) is 45.3 Å². The Kier molecular flexibility index (Phi) is 4.74. The molecule has 6 heteroatoms. The van der Waals surface area contributed by atoms with Crippen LogP contribution in [0.15, 0.2) is 24.3 Å². The second-order valence-electron chi connectivity index (χ2n) is 8.18. The van der Waals surface area contributed by atoms with Crippen molar-refractivity contribution < 1.29 is 4.79 Å². The molecule has 0 atom stereocenters. The maximum atomic E-state index is 13.0. The van der Waals surface area contributed by atoms with Gasteiger partial charge in [0.25, 0.3) is 5.91 Å². The minimum atomic E-state index is -0.0194. The van der Waals surface area contributed by atoms with Crippen molar-refractivity contribution in [2.45, 2.75) is 52.0 Å². The van der Waals surface area contributed by atoms with Gasteiger partial charge in [-0.3, -0.25) is 4.79 Å². The van der Waals surface area contributed by atoms with E-state index in [-0.39, 0.29) is 5.91 Å². The Morgan fingerprint density at radius 2 is 1.93 bits per heavy atom. The van der Waals surface area contributed by atoms with E-state index in [1.807, 2.05) is 19.9 Å². The van der Waals surface area contributed by atoms with E-state index in [2.05, 4.69) is 28.4 Å². The Balaban J connectivity index is 1.38. The van der Waals surface area contributed by atoms with Crippen LogP contribution in [0.3, 0.4) is 0 Å². The summed E-state index contributed by atoms with van der Waals surface area (Å²) in [5.41, 5.74) is 4.40. The predicted molar refractivity (Wildman–Crippen MR) is 118 cm³/mol. The van der Waals surface area contributed by atoms with Crippen LogP contribution in [0.2, 0.25) is 0 Å². The highest BCUT2D eigenvalue weighted by molar-refractivity contribution is 7.20. The molecule has 1 saturated heterocycles. The highest BCUT2D eigenvalue weighted by Gasteiger charge is 2.28. The second-order valence-corrected chi connectivity index (χ2v) is 9.18. The number of carbonyl (C=O) groups is 1. The Hall–Kier alpha value is -2.47. The summed E-state index contributed by atoms with van der Waals surface area (Å²) in [7, 11) is 0. The molecule has 1 amide bonds. The van der Waals surface area contributed by atoms with Crippen LogP contribution < -0.4 is 10.2 Å². The molecule has 1 aliphatic heterocycles. The summed E-state index contributed by atoms with van der Waals surface area (Å²) in [6.45, 7) is 6.78. The summed E-state index contributed by atoms with van der Waals surface area (Å²) in [4.78, 5) is 26.6. The molecule has 3 aromatic rings. The number of aromatic nitrogens is 2. The smallest absolute Gasteiger partial charge is 0.261 e. The van der Waals surface area contributed by atoms with E-state index < -0.39 is 0 Å². The molecule has 1 saturated carbocycles. The SMILES string of the molecule is Cc1nc(C2CC2)nc2sc(C(=O)NCc3ccccc3N3CCCC3)c(C)c12. The van der Waals surface area contributed by atoms with Crippen molar-refractivity contribution in [2.75, 3.05) is 18.0 Å². The maximum absolute atomic E-state index is 13.0. The van der Waals surface area contributed by atoms with Crippen molar-refractivity contribution in [1.29, 1.82) is 0 Å². The second kappa shape index (κ2) is 7.41. The van der Waals surface area contributed by atoms with Gasteiger partial charge in [-0.25, -0.2) is 9.97 Å². The van der Waals surface area contributed by atoms with Gasteiger partial charge in [0.15, 0.2) is 0 Å². The van der Waals surface area contributed by atoms with Gasteiger partial charge in [0.1, 0.15) is 10.7 Å². The molecule has 1 N–H and O–H groups in total. The van der Waals surface area contributed by atoms with Gasteiger partial charge in [0.05, 0.1) is 10.6 Å². The molecule has 0 spiro atoms. The number of nitrogens with zero attached hydrogens (tertiary/aromatic N) is 3. The molecule has 1 aliphatic carbocycles. The largest absolute Gasteiger partial charge is 0.371 e. The van der Waals surface area contributed by atoms with Crippen molar-refractivity contribution in [2.24, 2.45) is 0 Å². The predicted octanol–water partition coefficient (Wildman–Crippen LogP) is 4.72. The topological polar surface area (TPSA) is 58.1 Å². The van der Waals surface area contributed by atoms with Crippen LogP contribution >= 0.6 is 11.3 Å². The molecule has 1 aromatic carbocycles. The molecule has 2 fully saturated rings. The lowest BCUT2D eigenvalue weighted by Crippen LogP contribution is -2.25. The zero-order valence-electron chi connectivity index (χ0n) is 17.0. The van der Waals surface area contributed by atoms with Crippen molar-refractivity contribution in [3.8, 4) is 0 Å². The lowest BCUT2D eigenvalue weighted by Gasteiger charge is -2.21. The summed E-state index contributed by atoms with van der Waals surface area (Å²) in [5.74, 6) is 1.44. The molecule has 5 rings (SSSR count). The standard InChI is InChI=1S/C23H26N4OS/c1-14-19-15(2)25-21(16-9-10-16)26-23(19)29-20(14)22(28)24-13-17-7-3-4-8-18(17)27-11-5-6-12-27/h3-4,7-8,16H,5-6,9-13H2,1-2H3,(H,24,28). The third kappa shape index (κ3) is 3.50. The van der Waals surface area contributed by atoms with E-state index in [1.165, 1.54) is 48.3 Å². The Morgan fingerprint density at radius 1 is 1.17 bits per heavy atom. The number of anilines is 1. The average molecular weight is 407 g/mol. The van der Waals surface area contributed by atoms with Gasteiger partial charge in [-0.15, -0.1) is 11.3 Å². The highest BCUT2D eigenvalue weighted by atomic mass is 32.1. The number of hydrogen-bond acceptors (Lipinski definition) is 5. The summed E-state index contributed by atoms with van der Waals surface area (Å²) >= 11 is 1.50. The zero-order valence-corrected chi connectivity index (χ0v) is 17.8. The summed E-state index contributed by atoms with van der Waals surface area (Å²) in [6.07, 6.45) is 4.84. The monoisotopic (exact) mass is 406 g/mol. The third-order valence-corrected chi connectivity index (χ3v) is 7.20. The minimum absolute atomic E-state index is 0.0194.